The highest BCUT2D eigenvalue weighted by atomic mass is 14.0. The molecule has 0 radical (unpaired) electrons. The van der Waals surface area contributed by atoms with E-state index in [2.05, 4.69) is 68.1 Å². The molecule has 0 unspecified atom stereocenters. The first-order valence-corrected chi connectivity index (χ1v) is 6.24. The third kappa shape index (κ3) is 2.98. The van der Waals surface area contributed by atoms with Gasteiger partial charge in [-0.2, -0.15) is 0 Å². The zero-order chi connectivity index (χ0) is 12.8. The van der Waals surface area contributed by atoms with Gasteiger partial charge in [-0.15, -0.1) is 0 Å². The number of benzene rings is 2. The number of allylic oxidation sites excluding steroid dienone is 3. The summed E-state index contributed by atoms with van der Waals surface area (Å²) in [6.45, 7) is 6.06. The van der Waals surface area contributed by atoms with Crippen molar-refractivity contribution in [2.45, 2.75) is 13.3 Å². The first-order chi connectivity index (χ1) is 8.81. The van der Waals surface area contributed by atoms with Crippen LogP contribution in [0.25, 0.3) is 5.57 Å². The summed E-state index contributed by atoms with van der Waals surface area (Å²) < 4.78 is 0. The fourth-order valence-corrected chi connectivity index (χ4v) is 2.01. The molecule has 0 aliphatic rings. The van der Waals surface area contributed by atoms with E-state index in [1.807, 2.05) is 12.1 Å². The monoisotopic (exact) mass is 234 g/mol. The molecule has 2 aromatic rings. The van der Waals surface area contributed by atoms with Crippen LogP contribution in [-0.2, 0) is 6.42 Å². The summed E-state index contributed by atoms with van der Waals surface area (Å²) in [5.74, 6) is 0. The molecule has 0 atom stereocenters. The SMILES string of the molecule is C=C/C(=C\Cc1ccccc1C)c1ccccc1. The average Bonchev–Trinajstić information content (AvgIpc) is 2.42. The number of hydrogen-bond donors (Lipinski definition) is 0. The molecule has 0 spiro atoms. The summed E-state index contributed by atoms with van der Waals surface area (Å²) in [5, 5.41) is 0. The van der Waals surface area contributed by atoms with E-state index in [4.69, 9.17) is 0 Å². The topological polar surface area (TPSA) is 0 Å². The Bertz CT molecular complexity index is 547. The van der Waals surface area contributed by atoms with E-state index in [9.17, 15) is 0 Å². The van der Waals surface area contributed by atoms with E-state index in [1.165, 1.54) is 22.3 Å². The Morgan fingerprint density at radius 3 is 2.33 bits per heavy atom. The highest BCUT2D eigenvalue weighted by Crippen LogP contribution is 2.17. The van der Waals surface area contributed by atoms with E-state index in [1.54, 1.807) is 0 Å². The minimum absolute atomic E-state index is 0.947. The van der Waals surface area contributed by atoms with Gasteiger partial charge in [-0.1, -0.05) is 73.3 Å². The molecule has 0 saturated heterocycles. The van der Waals surface area contributed by atoms with Crippen molar-refractivity contribution in [1.82, 2.24) is 0 Å². The van der Waals surface area contributed by atoms with Crippen LogP contribution in [0.3, 0.4) is 0 Å². The van der Waals surface area contributed by atoms with Crippen molar-refractivity contribution in [1.29, 1.82) is 0 Å². The molecular weight excluding hydrogens is 216 g/mol. The van der Waals surface area contributed by atoms with Crippen molar-refractivity contribution in [3.05, 3.63) is 90.0 Å². The van der Waals surface area contributed by atoms with E-state index in [0.29, 0.717) is 0 Å². The molecule has 18 heavy (non-hydrogen) atoms. The highest BCUT2D eigenvalue weighted by molar-refractivity contribution is 5.73. The van der Waals surface area contributed by atoms with Crippen molar-refractivity contribution in [2.24, 2.45) is 0 Å². The zero-order valence-corrected chi connectivity index (χ0v) is 10.8. The highest BCUT2D eigenvalue weighted by Gasteiger charge is 1.98. The van der Waals surface area contributed by atoms with Crippen molar-refractivity contribution >= 4 is 5.57 Å². The predicted octanol–water partition coefficient (Wildman–Crippen LogP) is 4.81. The molecule has 0 bridgehead atoms. The smallest absolute Gasteiger partial charge is 0.00856 e. The van der Waals surface area contributed by atoms with Gasteiger partial charge < -0.3 is 0 Å². The molecule has 0 heterocycles. The van der Waals surface area contributed by atoms with Crippen molar-refractivity contribution in [2.75, 3.05) is 0 Å². The predicted molar refractivity (Wildman–Crippen MR) is 79.5 cm³/mol. The Morgan fingerprint density at radius 1 is 1.00 bits per heavy atom. The molecule has 0 saturated carbocycles. The second kappa shape index (κ2) is 6.02. The Kier molecular flexibility index (Phi) is 4.14. The van der Waals surface area contributed by atoms with E-state index in [0.717, 1.165) is 6.42 Å². The Balaban J connectivity index is 2.22. The van der Waals surface area contributed by atoms with Crippen LogP contribution < -0.4 is 0 Å². The van der Waals surface area contributed by atoms with Gasteiger partial charge in [-0.25, -0.2) is 0 Å². The van der Waals surface area contributed by atoms with Crippen LogP contribution in [0.1, 0.15) is 16.7 Å². The summed E-state index contributed by atoms with van der Waals surface area (Å²) >= 11 is 0. The molecule has 0 amide bonds. The van der Waals surface area contributed by atoms with Crippen LogP contribution in [-0.4, -0.2) is 0 Å². The molecule has 0 nitrogen and oxygen atoms in total. The number of aryl methyl sites for hydroxylation is 1. The third-order valence-electron chi connectivity index (χ3n) is 3.13. The maximum Gasteiger partial charge on any atom is -0.00856 e. The Morgan fingerprint density at radius 2 is 1.67 bits per heavy atom. The van der Waals surface area contributed by atoms with Crippen LogP contribution in [0.2, 0.25) is 0 Å². The lowest BCUT2D eigenvalue weighted by molar-refractivity contribution is 1.21. The number of hydrogen-bond acceptors (Lipinski definition) is 0. The fourth-order valence-electron chi connectivity index (χ4n) is 2.01. The lowest BCUT2D eigenvalue weighted by atomic mass is 10.0. The minimum atomic E-state index is 0.947. The lowest BCUT2D eigenvalue weighted by Crippen LogP contribution is -1.87. The molecule has 0 aliphatic carbocycles. The Labute approximate surface area is 109 Å². The molecule has 0 aliphatic heterocycles. The number of rotatable bonds is 4. The van der Waals surface area contributed by atoms with Gasteiger partial charge in [0.05, 0.1) is 0 Å². The van der Waals surface area contributed by atoms with Crippen LogP contribution in [0, 0.1) is 6.92 Å². The first-order valence-electron chi connectivity index (χ1n) is 6.24. The third-order valence-corrected chi connectivity index (χ3v) is 3.13. The van der Waals surface area contributed by atoms with E-state index >= 15 is 0 Å². The Hall–Kier alpha value is -2.08. The maximum atomic E-state index is 3.90. The minimum Gasteiger partial charge on any atom is -0.0985 e. The largest absolute Gasteiger partial charge is 0.0985 e. The summed E-state index contributed by atoms with van der Waals surface area (Å²) in [6.07, 6.45) is 5.11. The first kappa shape index (κ1) is 12.4. The molecule has 0 fully saturated rings. The van der Waals surface area contributed by atoms with Crippen molar-refractivity contribution in [3.8, 4) is 0 Å². The molecule has 0 aromatic heterocycles. The average molecular weight is 234 g/mol. The fraction of sp³-hybridized carbons (Fsp3) is 0.111. The normalized spacial score (nSPS) is 11.3. The van der Waals surface area contributed by atoms with Gasteiger partial charge >= 0.3 is 0 Å². The van der Waals surface area contributed by atoms with Gasteiger partial charge in [0.25, 0.3) is 0 Å². The molecule has 2 aromatic carbocycles. The summed E-state index contributed by atoms with van der Waals surface area (Å²) in [4.78, 5) is 0. The van der Waals surface area contributed by atoms with Gasteiger partial charge in [-0.3, -0.25) is 0 Å². The summed E-state index contributed by atoms with van der Waals surface area (Å²) in [6, 6.07) is 18.9. The summed E-state index contributed by atoms with van der Waals surface area (Å²) in [5.41, 5.74) is 5.12. The molecule has 90 valence electrons. The molecular formula is C18H18. The second-order valence-corrected chi connectivity index (χ2v) is 4.36. The van der Waals surface area contributed by atoms with Gasteiger partial charge in [0.15, 0.2) is 0 Å². The van der Waals surface area contributed by atoms with Crippen molar-refractivity contribution in [3.63, 3.8) is 0 Å². The van der Waals surface area contributed by atoms with Crippen LogP contribution in [0.5, 0.6) is 0 Å². The van der Waals surface area contributed by atoms with Crippen LogP contribution in [0.4, 0.5) is 0 Å². The lowest BCUT2D eigenvalue weighted by Gasteiger charge is -2.05. The van der Waals surface area contributed by atoms with Gasteiger partial charge in [0.1, 0.15) is 0 Å². The molecule has 2 rings (SSSR count). The van der Waals surface area contributed by atoms with E-state index in [-0.39, 0.29) is 0 Å². The molecule has 0 heteroatoms. The van der Waals surface area contributed by atoms with Crippen LogP contribution >= 0.6 is 0 Å². The quantitative estimate of drug-likeness (QED) is 0.666. The van der Waals surface area contributed by atoms with Gasteiger partial charge in [0.2, 0.25) is 0 Å². The second-order valence-electron chi connectivity index (χ2n) is 4.36. The van der Waals surface area contributed by atoms with E-state index < -0.39 is 0 Å². The molecule has 0 N–H and O–H groups in total. The van der Waals surface area contributed by atoms with Gasteiger partial charge in [0, 0.05) is 0 Å². The van der Waals surface area contributed by atoms with Crippen LogP contribution in [0.15, 0.2) is 73.3 Å². The standard InChI is InChI=1S/C18H18/c1-3-16(18-11-5-4-6-12-18)13-14-17-10-8-7-9-15(17)2/h3-13H,1,14H2,2H3/b16-13+. The van der Waals surface area contributed by atoms with Crippen molar-refractivity contribution < 1.29 is 0 Å². The zero-order valence-electron chi connectivity index (χ0n) is 10.8. The maximum absolute atomic E-state index is 3.90. The summed E-state index contributed by atoms with van der Waals surface area (Å²) in [7, 11) is 0. The van der Waals surface area contributed by atoms with Gasteiger partial charge in [-0.05, 0) is 35.6 Å².